The van der Waals surface area contributed by atoms with Gasteiger partial charge >= 0.3 is 0 Å². The third kappa shape index (κ3) is 3.14. The van der Waals surface area contributed by atoms with E-state index in [4.69, 9.17) is 10.7 Å². The molecule has 0 atom stereocenters. The van der Waals surface area contributed by atoms with Crippen molar-refractivity contribution < 1.29 is 0 Å². The predicted octanol–water partition coefficient (Wildman–Crippen LogP) is 4.70. The fraction of sp³-hybridized carbons (Fsp3) is 0.333. The van der Waals surface area contributed by atoms with Gasteiger partial charge in [-0.05, 0) is 47.2 Å². The third-order valence-electron chi connectivity index (χ3n) is 3.00. The molecule has 0 bridgehead atoms. The smallest absolute Gasteiger partial charge is 0.161 e. The lowest BCUT2D eigenvalue weighted by Crippen LogP contribution is -2.18. The Morgan fingerprint density at radius 3 is 2.40 bits per heavy atom. The van der Waals surface area contributed by atoms with Crippen molar-refractivity contribution in [3.05, 3.63) is 37.5 Å². The molecule has 3 nitrogen and oxygen atoms in total. The molecule has 0 aliphatic rings. The van der Waals surface area contributed by atoms with Crippen molar-refractivity contribution in [3.8, 4) is 11.4 Å². The highest BCUT2D eigenvalue weighted by Gasteiger charge is 2.22. The zero-order valence-corrected chi connectivity index (χ0v) is 15.7. The topological polar surface area (TPSA) is 51.8 Å². The maximum Gasteiger partial charge on any atom is 0.161 e. The van der Waals surface area contributed by atoms with E-state index in [1.807, 2.05) is 19.1 Å². The van der Waals surface area contributed by atoms with Crippen LogP contribution in [0.5, 0.6) is 0 Å². The van der Waals surface area contributed by atoms with E-state index in [0.717, 1.165) is 24.9 Å². The highest BCUT2D eigenvalue weighted by molar-refractivity contribution is 14.1. The Kier molecular flexibility index (Phi) is 4.39. The standard InChI is InChI=1S/C15H17BrIN3/c1-8-7-9(5-6-10(8)16)14-19-12(15(2,3)4)11(17)13(18)20-14/h5-7H,1-4H3,(H2,18,19,20). The van der Waals surface area contributed by atoms with Crippen LogP contribution in [0.2, 0.25) is 0 Å². The van der Waals surface area contributed by atoms with Crippen LogP contribution in [-0.2, 0) is 5.41 Å². The van der Waals surface area contributed by atoms with Crippen molar-refractivity contribution in [2.45, 2.75) is 33.1 Å². The SMILES string of the molecule is Cc1cc(-c2nc(N)c(I)c(C(C)(C)C)n2)ccc1Br. The van der Waals surface area contributed by atoms with Crippen LogP contribution in [0.15, 0.2) is 22.7 Å². The quantitative estimate of drug-likeness (QED) is 0.647. The maximum atomic E-state index is 6.06. The molecule has 106 valence electrons. The van der Waals surface area contributed by atoms with E-state index >= 15 is 0 Å². The molecule has 5 heteroatoms. The Hall–Kier alpha value is -0.690. The molecule has 0 aliphatic carbocycles. The Balaban J connectivity index is 2.63. The second-order valence-corrected chi connectivity index (χ2v) is 7.74. The monoisotopic (exact) mass is 445 g/mol. The summed E-state index contributed by atoms with van der Waals surface area (Å²) in [6.07, 6.45) is 0. The number of nitrogens with two attached hydrogens (primary N) is 1. The van der Waals surface area contributed by atoms with Gasteiger partial charge in [0.2, 0.25) is 0 Å². The Morgan fingerprint density at radius 1 is 1.20 bits per heavy atom. The van der Waals surface area contributed by atoms with Crippen LogP contribution >= 0.6 is 38.5 Å². The van der Waals surface area contributed by atoms with E-state index in [0.29, 0.717) is 11.6 Å². The van der Waals surface area contributed by atoms with Gasteiger partial charge in [0.05, 0.1) is 9.26 Å². The summed E-state index contributed by atoms with van der Waals surface area (Å²) in [7, 11) is 0. The number of anilines is 1. The summed E-state index contributed by atoms with van der Waals surface area (Å²) in [6.45, 7) is 8.45. The van der Waals surface area contributed by atoms with Gasteiger partial charge in [-0.3, -0.25) is 0 Å². The first kappa shape index (κ1) is 15.7. The van der Waals surface area contributed by atoms with Crippen LogP contribution in [0, 0.1) is 10.5 Å². The number of halogens is 2. The van der Waals surface area contributed by atoms with Gasteiger partial charge in [0.15, 0.2) is 5.82 Å². The van der Waals surface area contributed by atoms with Crippen LogP contribution in [0.4, 0.5) is 5.82 Å². The van der Waals surface area contributed by atoms with Crippen molar-refractivity contribution in [1.29, 1.82) is 0 Å². The van der Waals surface area contributed by atoms with Crippen LogP contribution in [0.25, 0.3) is 11.4 Å². The van der Waals surface area contributed by atoms with Crippen LogP contribution < -0.4 is 5.73 Å². The molecule has 0 aliphatic heterocycles. The summed E-state index contributed by atoms with van der Waals surface area (Å²) >= 11 is 5.73. The lowest BCUT2D eigenvalue weighted by Gasteiger charge is -2.21. The fourth-order valence-corrected chi connectivity index (χ4v) is 3.17. The van der Waals surface area contributed by atoms with E-state index in [1.165, 1.54) is 0 Å². The van der Waals surface area contributed by atoms with E-state index < -0.39 is 0 Å². The number of aromatic nitrogens is 2. The first-order chi connectivity index (χ1) is 9.20. The molecule has 0 unspecified atom stereocenters. The number of aryl methyl sites for hydroxylation is 1. The molecule has 0 spiro atoms. The summed E-state index contributed by atoms with van der Waals surface area (Å²) in [5.74, 6) is 1.23. The minimum atomic E-state index is -0.0628. The second-order valence-electron chi connectivity index (χ2n) is 5.81. The summed E-state index contributed by atoms with van der Waals surface area (Å²) in [6, 6.07) is 6.09. The molecule has 1 heterocycles. The predicted molar refractivity (Wildman–Crippen MR) is 95.7 cm³/mol. The van der Waals surface area contributed by atoms with Crippen LogP contribution in [0.3, 0.4) is 0 Å². The van der Waals surface area contributed by atoms with Gasteiger partial charge in [-0.25, -0.2) is 9.97 Å². The van der Waals surface area contributed by atoms with Gasteiger partial charge in [0.25, 0.3) is 0 Å². The molecule has 0 saturated heterocycles. The number of nitrogens with zero attached hydrogens (tertiary/aromatic N) is 2. The zero-order valence-electron chi connectivity index (χ0n) is 12.0. The summed E-state index contributed by atoms with van der Waals surface area (Å²) in [4.78, 5) is 9.16. The van der Waals surface area contributed by atoms with Gasteiger partial charge in [-0.15, -0.1) is 0 Å². The average Bonchev–Trinajstić information content (AvgIpc) is 2.34. The molecule has 0 saturated carbocycles. The second kappa shape index (κ2) is 5.60. The van der Waals surface area contributed by atoms with Gasteiger partial charge in [0.1, 0.15) is 5.82 Å². The normalized spacial score (nSPS) is 11.7. The fourth-order valence-electron chi connectivity index (χ4n) is 1.87. The van der Waals surface area contributed by atoms with Crippen molar-refractivity contribution in [1.82, 2.24) is 9.97 Å². The summed E-state index contributed by atoms with van der Waals surface area (Å²) in [5.41, 5.74) is 9.12. The largest absolute Gasteiger partial charge is 0.383 e. The minimum Gasteiger partial charge on any atom is -0.383 e. The number of rotatable bonds is 1. The third-order valence-corrected chi connectivity index (χ3v) is 4.96. The lowest BCUT2D eigenvalue weighted by molar-refractivity contribution is 0.564. The average molecular weight is 446 g/mol. The molecule has 0 radical (unpaired) electrons. The molecule has 1 aromatic heterocycles. The molecular weight excluding hydrogens is 429 g/mol. The molecule has 0 amide bonds. The van der Waals surface area contributed by atoms with Crippen molar-refractivity contribution in [2.24, 2.45) is 0 Å². The van der Waals surface area contributed by atoms with Gasteiger partial charge in [0, 0.05) is 15.5 Å². The molecule has 2 aromatic rings. The Morgan fingerprint density at radius 2 is 1.85 bits per heavy atom. The maximum absolute atomic E-state index is 6.06. The van der Waals surface area contributed by atoms with Crippen LogP contribution in [0.1, 0.15) is 32.0 Å². The lowest BCUT2D eigenvalue weighted by atomic mass is 9.91. The first-order valence-corrected chi connectivity index (χ1v) is 8.17. The molecule has 2 N–H and O–H groups in total. The van der Waals surface area contributed by atoms with Crippen molar-refractivity contribution in [3.63, 3.8) is 0 Å². The summed E-state index contributed by atoms with van der Waals surface area (Å²) in [5, 5.41) is 0. The first-order valence-electron chi connectivity index (χ1n) is 6.30. The van der Waals surface area contributed by atoms with E-state index in [2.05, 4.69) is 70.3 Å². The molecule has 2 rings (SSSR count). The molecule has 0 fully saturated rings. The van der Waals surface area contributed by atoms with E-state index in [9.17, 15) is 0 Å². The Bertz CT molecular complexity index is 663. The van der Waals surface area contributed by atoms with Crippen LogP contribution in [-0.4, -0.2) is 9.97 Å². The van der Waals surface area contributed by atoms with E-state index in [1.54, 1.807) is 0 Å². The molecule has 20 heavy (non-hydrogen) atoms. The number of hydrogen-bond donors (Lipinski definition) is 1. The molecular formula is C15H17BrIN3. The highest BCUT2D eigenvalue weighted by atomic mass is 127. The Labute approximate surface area is 141 Å². The van der Waals surface area contributed by atoms with Gasteiger partial charge < -0.3 is 5.73 Å². The highest BCUT2D eigenvalue weighted by Crippen LogP contribution is 2.31. The van der Waals surface area contributed by atoms with Crippen molar-refractivity contribution >= 4 is 44.3 Å². The number of hydrogen-bond acceptors (Lipinski definition) is 3. The van der Waals surface area contributed by atoms with Crippen molar-refractivity contribution in [2.75, 3.05) is 5.73 Å². The molecule has 1 aromatic carbocycles. The summed E-state index contributed by atoms with van der Waals surface area (Å²) < 4.78 is 2.02. The van der Waals surface area contributed by atoms with Gasteiger partial charge in [-0.1, -0.05) is 42.8 Å². The number of nitrogen functional groups attached to an aromatic ring is 1. The number of benzene rings is 1. The minimum absolute atomic E-state index is 0.0628. The zero-order chi connectivity index (χ0) is 15.1. The van der Waals surface area contributed by atoms with E-state index in [-0.39, 0.29) is 5.41 Å². The van der Waals surface area contributed by atoms with Gasteiger partial charge in [-0.2, -0.15) is 0 Å².